The number of nitrogens with one attached hydrogen (secondary N) is 2. The van der Waals surface area contributed by atoms with Crippen LogP contribution in [0.2, 0.25) is 0 Å². The van der Waals surface area contributed by atoms with Gasteiger partial charge in [-0.1, -0.05) is 0 Å². The molecule has 0 radical (unpaired) electrons. The molecule has 1 saturated heterocycles. The quantitative estimate of drug-likeness (QED) is 0.691. The number of hydrogen-bond donors (Lipinski definition) is 3. The third-order valence-corrected chi connectivity index (χ3v) is 6.85. The number of likely N-dealkylation sites (tertiary alicyclic amines) is 1. The van der Waals surface area contributed by atoms with E-state index in [1.165, 1.54) is 7.11 Å². The second kappa shape index (κ2) is 6.29. The molecule has 5 rings (SSSR count). The molecule has 0 aromatic carbocycles. The third kappa shape index (κ3) is 2.76. The van der Waals surface area contributed by atoms with Crippen molar-refractivity contribution < 1.29 is 23.0 Å². The Morgan fingerprint density at radius 1 is 1.21 bits per heavy atom. The summed E-state index contributed by atoms with van der Waals surface area (Å²) in [5.74, 6) is -4.86. The minimum atomic E-state index is -3.13. The molecule has 3 aliphatic carbocycles. The van der Waals surface area contributed by atoms with Crippen LogP contribution in [0.1, 0.15) is 36.6 Å². The van der Waals surface area contributed by atoms with Gasteiger partial charge in [-0.25, -0.2) is 18.0 Å². The number of nitrogens with zero attached hydrogens (tertiary/aromatic N) is 1. The monoisotopic (exact) mass is 413 g/mol. The molecular weight excluding hydrogens is 391 g/mol. The predicted octanol–water partition coefficient (Wildman–Crippen LogP) is 1.17. The summed E-state index contributed by atoms with van der Waals surface area (Å²) in [5, 5.41) is 10.0. The molecule has 3 N–H and O–H groups in total. The van der Waals surface area contributed by atoms with E-state index in [1.807, 2.05) is 0 Å². The molecule has 3 fully saturated rings. The summed E-state index contributed by atoms with van der Waals surface area (Å²) in [6.07, 6.45) is -1.68. The van der Waals surface area contributed by atoms with E-state index in [2.05, 4.69) is 9.97 Å². The van der Waals surface area contributed by atoms with Gasteiger partial charge in [0.05, 0.1) is 17.3 Å². The zero-order valence-corrected chi connectivity index (χ0v) is 15.8. The van der Waals surface area contributed by atoms with Gasteiger partial charge in [-0.2, -0.15) is 0 Å². The van der Waals surface area contributed by atoms with Crippen molar-refractivity contribution in [1.82, 2.24) is 14.9 Å². The normalized spacial score (nSPS) is 36.4. The largest absolute Gasteiger partial charge is 0.387 e. The average Bonchev–Trinajstić information content (AvgIpc) is 3.36. The highest BCUT2D eigenvalue weighted by atomic mass is 19.3. The molecule has 0 bridgehead atoms. The predicted molar refractivity (Wildman–Crippen MR) is 96.1 cm³/mol. The van der Waals surface area contributed by atoms with Crippen LogP contribution in [0.25, 0.3) is 5.57 Å². The van der Waals surface area contributed by atoms with Crippen LogP contribution >= 0.6 is 0 Å². The number of aromatic nitrogens is 2. The van der Waals surface area contributed by atoms with Gasteiger partial charge < -0.3 is 14.8 Å². The van der Waals surface area contributed by atoms with E-state index in [9.17, 15) is 23.5 Å². The maximum atomic E-state index is 15.8. The maximum absolute atomic E-state index is 15.8. The number of alkyl halides is 2. The fourth-order valence-corrected chi connectivity index (χ4v) is 5.44. The summed E-state index contributed by atoms with van der Waals surface area (Å²) in [4.78, 5) is 30.8. The van der Waals surface area contributed by atoms with Crippen molar-refractivity contribution in [2.75, 3.05) is 20.2 Å². The number of H-pyrrole nitrogens is 2. The van der Waals surface area contributed by atoms with Crippen molar-refractivity contribution in [3.05, 3.63) is 37.9 Å². The smallest absolute Gasteiger partial charge is 0.326 e. The second-order valence-corrected chi connectivity index (χ2v) is 8.62. The van der Waals surface area contributed by atoms with E-state index in [-0.39, 0.29) is 35.8 Å². The van der Waals surface area contributed by atoms with E-state index < -0.39 is 59.5 Å². The van der Waals surface area contributed by atoms with Crippen LogP contribution in [0.5, 0.6) is 0 Å². The number of rotatable bonds is 3. The molecule has 1 aromatic rings. The summed E-state index contributed by atoms with van der Waals surface area (Å²) in [6.45, 7) is 0.288. The molecular formula is C19H22F3N3O4. The van der Waals surface area contributed by atoms with Crippen LogP contribution in [0.15, 0.2) is 15.4 Å². The van der Waals surface area contributed by atoms with Crippen LogP contribution in [-0.4, -0.2) is 58.2 Å². The fraction of sp³-hybridized carbons (Fsp3) is 0.684. The second-order valence-electron chi connectivity index (χ2n) is 8.62. The summed E-state index contributed by atoms with van der Waals surface area (Å²) in [5.41, 5.74) is -0.759. The molecule has 29 heavy (non-hydrogen) atoms. The Hall–Kier alpha value is -1.91. The lowest BCUT2D eigenvalue weighted by Crippen LogP contribution is -2.46. The fourth-order valence-electron chi connectivity index (χ4n) is 5.44. The van der Waals surface area contributed by atoms with Gasteiger partial charge >= 0.3 is 5.69 Å². The van der Waals surface area contributed by atoms with Gasteiger partial charge in [0, 0.05) is 38.1 Å². The Morgan fingerprint density at radius 3 is 2.55 bits per heavy atom. The number of allylic oxidation sites excluding steroid dienone is 1. The Labute approximate surface area is 163 Å². The van der Waals surface area contributed by atoms with Crippen LogP contribution < -0.4 is 11.2 Å². The lowest BCUT2D eigenvalue weighted by molar-refractivity contribution is -0.103. The molecule has 0 amide bonds. The summed E-state index contributed by atoms with van der Waals surface area (Å²) < 4.78 is 49.0. The number of halogens is 3. The van der Waals surface area contributed by atoms with Gasteiger partial charge in [0.25, 0.3) is 11.5 Å². The van der Waals surface area contributed by atoms with Crippen molar-refractivity contribution in [1.29, 1.82) is 0 Å². The molecule has 10 heteroatoms. The van der Waals surface area contributed by atoms with Gasteiger partial charge in [-0.3, -0.25) is 14.7 Å². The molecule has 2 saturated carbocycles. The SMILES string of the molecule is COC1c2[nH]c(=O)[nH]c(=O)c2C(C2CC2)=C(F)C1N1CC2CC(F)(F)C(O)C2C1. The number of fused-ring (bicyclic) bond motifs is 2. The van der Waals surface area contributed by atoms with Gasteiger partial charge in [-0.05, 0) is 24.7 Å². The van der Waals surface area contributed by atoms with Crippen molar-refractivity contribution in [3.8, 4) is 0 Å². The van der Waals surface area contributed by atoms with Crippen LogP contribution in [0, 0.1) is 17.8 Å². The molecule has 2 heterocycles. The highest BCUT2D eigenvalue weighted by Crippen LogP contribution is 2.53. The molecule has 1 aliphatic heterocycles. The van der Waals surface area contributed by atoms with Crippen molar-refractivity contribution in [2.45, 2.75) is 43.4 Å². The number of hydrogen-bond acceptors (Lipinski definition) is 5. The first-order chi connectivity index (χ1) is 13.7. The Morgan fingerprint density at radius 2 is 1.93 bits per heavy atom. The van der Waals surface area contributed by atoms with Crippen molar-refractivity contribution >= 4 is 5.57 Å². The molecule has 1 aromatic heterocycles. The zero-order chi connectivity index (χ0) is 20.7. The van der Waals surface area contributed by atoms with E-state index in [1.54, 1.807) is 4.90 Å². The highest BCUT2D eigenvalue weighted by Gasteiger charge is 2.59. The molecule has 4 aliphatic rings. The van der Waals surface area contributed by atoms with Crippen LogP contribution in [0.3, 0.4) is 0 Å². The first kappa shape index (κ1) is 19.1. The first-order valence-electron chi connectivity index (χ1n) is 9.82. The lowest BCUT2D eigenvalue weighted by Gasteiger charge is -2.38. The van der Waals surface area contributed by atoms with Crippen molar-refractivity contribution in [3.63, 3.8) is 0 Å². The van der Waals surface area contributed by atoms with E-state index >= 15 is 4.39 Å². The van der Waals surface area contributed by atoms with Crippen LogP contribution in [0.4, 0.5) is 13.2 Å². The number of aliphatic hydroxyl groups is 1. The molecule has 5 atom stereocenters. The third-order valence-electron chi connectivity index (χ3n) is 6.85. The van der Waals surface area contributed by atoms with Gasteiger partial charge in [0.2, 0.25) is 0 Å². The molecule has 0 spiro atoms. The molecule has 5 unspecified atom stereocenters. The molecule has 158 valence electrons. The highest BCUT2D eigenvalue weighted by molar-refractivity contribution is 5.75. The summed E-state index contributed by atoms with van der Waals surface area (Å²) in [7, 11) is 1.36. The lowest BCUT2D eigenvalue weighted by atomic mass is 9.86. The number of ether oxygens (including phenoxy) is 1. The Bertz CT molecular complexity index is 999. The van der Waals surface area contributed by atoms with Crippen molar-refractivity contribution in [2.24, 2.45) is 17.8 Å². The number of aliphatic hydroxyl groups excluding tert-OH is 1. The Balaban J connectivity index is 1.58. The van der Waals surface area contributed by atoms with E-state index in [0.29, 0.717) is 0 Å². The van der Waals surface area contributed by atoms with E-state index in [0.717, 1.165) is 12.8 Å². The van der Waals surface area contributed by atoms with Gasteiger partial charge in [-0.15, -0.1) is 0 Å². The van der Waals surface area contributed by atoms with Gasteiger partial charge in [0.1, 0.15) is 18.0 Å². The zero-order valence-electron chi connectivity index (χ0n) is 15.8. The standard InChI is InChI=1S/C19H22F3N3O4/c1-29-15-13-11(17(27)24-18(28)23-13)10(7-2-3-7)12(20)14(15)25-5-8-4-19(21,22)16(26)9(8)6-25/h7-9,14-16,26H,2-6H2,1H3,(H2,23,24,27,28). The molecule has 7 nitrogen and oxygen atoms in total. The van der Waals surface area contributed by atoms with Crippen LogP contribution in [-0.2, 0) is 4.74 Å². The van der Waals surface area contributed by atoms with E-state index in [4.69, 9.17) is 4.74 Å². The number of methoxy groups -OCH3 is 1. The summed E-state index contributed by atoms with van der Waals surface area (Å²) in [6, 6.07) is -0.938. The summed E-state index contributed by atoms with van der Waals surface area (Å²) >= 11 is 0. The first-order valence-corrected chi connectivity index (χ1v) is 9.82. The average molecular weight is 413 g/mol. The topological polar surface area (TPSA) is 98.4 Å². The maximum Gasteiger partial charge on any atom is 0.326 e. The van der Waals surface area contributed by atoms with Gasteiger partial charge in [0.15, 0.2) is 0 Å². The minimum absolute atomic E-state index is 0.0973. The number of aromatic amines is 2. The Kier molecular flexibility index (Phi) is 4.14. The minimum Gasteiger partial charge on any atom is -0.387 e.